The maximum absolute atomic E-state index is 10.7. The number of amides is 1. The lowest BCUT2D eigenvalue weighted by Gasteiger charge is -2.36. The number of hydrogen-bond donors (Lipinski definition) is 1. The summed E-state index contributed by atoms with van der Waals surface area (Å²) in [6, 6.07) is 0.0564. The zero-order valence-corrected chi connectivity index (χ0v) is 13.2. The van der Waals surface area contributed by atoms with Crippen molar-refractivity contribution in [1.29, 1.82) is 0 Å². The molecule has 0 bridgehead atoms. The molecular weight excluding hydrogens is 252 g/mol. The lowest BCUT2D eigenvalue weighted by atomic mass is 10.00. The second-order valence-electron chi connectivity index (χ2n) is 5.78. The van der Waals surface area contributed by atoms with Gasteiger partial charge < -0.3 is 10.1 Å². The van der Waals surface area contributed by atoms with Crippen LogP contribution in [0.5, 0.6) is 0 Å². The van der Waals surface area contributed by atoms with Gasteiger partial charge in [-0.2, -0.15) is 0 Å². The molecule has 0 aromatic carbocycles. The maximum Gasteiger partial charge on any atom is 0.207 e. The Bertz CT molecular complexity index is 345. The van der Waals surface area contributed by atoms with Crippen LogP contribution in [-0.4, -0.2) is 49.2 Å². The van der Waals surface area contributed by atoms with Crippen molar-refractivity contribution in [3.05, 3.63) is 23.8 Å². The van der Waals surface area contributed by atoms with Crippen LogP contribution in [0.2, 0.25) is 0 Å². The Kier molecular flexibility index (Phi) is 6.96. The molecule has 4 heteroatoms. The van der Waals surface area contributed by atoms with Crippen LogP contribution in [0.4, 0.5) is 0 Å². The highest BCUT2D eigenvalue weighted by Gasteiger charge is 2.22. The average molecular weight is 280 g/mol. The summed E-state index contributed by atoms with van der Waals surface area (Å²) >= 11 is 0. The largest absolute Gasteiger partial charge is 0.373 e. The monoisotopic (exact) mass is 280 g/mol. The Labute approximate surface area is 122 Å². The van der Waals surface area contributed by atoms with E-state index in [0.717, 1.165) is 32.5 Å². The molecule has 4 nitrogen and oxygen atoms in total. The normalized spacial score (nSPS) is 26.6. The molecule has 114 valence electrons. The Balaban J connectivity index is 2.69. The van der Waals surface area contributed by atoms with Gasteiger partial charge in [-0.15, -0.1) is 6.58 Å². The van der Waals surface area contributed by atoms with E-state index >= 15 is 0 Å². The minimum atomic E-state index is 0.0564. The van der Waals surface area contributed by atoms with Crippen LogP contribution in [0, 0.1) is 0 Å². The highest BCUT2D eigenvalue weighted by atomic mass is 16.5. The van der Waals surface area contributed by atoms with Gasteiger partial charge >= 0.3 is 0 Å². The van der Waals surface area contributed by atoms with Gasteiger partial charge in [-0.1, -0.05) is 17.2 Å². The fourth-order valence-corrected chi connectivity index (χ4v) is 2.79. The van der Waals surface area contributed by atoms with Crippen molar-refractivity contribution < 1.29 is 9.53 Å². The van der Waals surface area contributed by atoms with E-state index in [9.17, 15) is 4.79 Å². The lowest BCUT2D eigenvalue weighted by Crippen LogP contribution is -2.46. The van der Waals surface area contributed by atoms with E-state index in [2.05, 4.69) is 44.5 Å². The van der Waals surface area contributed by atoms with Gasteiger partial charge in [-0.05, 0) is 34.1 Å². The van der Waals surface area contributed by atoms with Crippen molar-refractivity contribution in [2.75, 3.05) is 19.6 Å². The van der Waals surface area contributed by atoms with Gasteiger partial charge in [-0.25, -0.2) is 0 Å². The average Bonchev–Trinajstić information content (AvgIpc) is 2.36. The van der Waals surface area contributed by atoms with Gasteiger partial charge in [0.1, 0.15) is 0 Å². The predicted octanol–water partition coefficient (Wildman–Crippen LogP) is 2.12. The summed E-state index contributed by atoms with van der Waals surface area (Å²) in [6.45, 7) is 15.1. The number of nitrogens with one attached hydrogen (secondary N) is 1. The Morgan fingerprint density at radius 2 is 2.00 bits per heavy atom. The number of carbonyl (C=O) groups excluding carboxylic acids is 1. The molecule has 1 unspecified atom stereocenters. The fraction of sp³-hybridized carbons (Fsp3) is 0.688. The molecule has 20 heavy (non-hydrogen) atoms. The van der Waals surface area contributed by atoms with E-state index in [0.29, 0.717) is 0 Å². The lowest BCUT2D eigenvalue weighted by molar-refractivity contribution is -0.109. The molecule has 0 saturated carbocycles. The summed E-state index contributed by atoms with van der Waals surface area (Å²) in [4.78, 5) is 13.1. The molecule has 1 amide bonds. The minimum Gasteiger partial charge on any atom is -0.373 e. The van der Waals surface area contributed by atoms with Crippen molar-refractivity contribution in [2.45, 2.75) is 52.4 Å². The van der Waals surface area contributed by atoms with E-state index in [1.807, 2.05) is 6.08 Å². The number of morpholine rings is 1. The molecule has 1 N–H and O–H groups in total. The second-order valence-corrected chi connectivity index (χ2v) is 5.78. The standard InChI is InChI=1S/C16H28N2O2/c1-6-7-16(17-11-19)15(5)12(2)8-18-9-13(3)20-14(4)10-18/h6,11,13-14,16H,1,7-10H2,2-5H3,(H,17,19)/b15-12-/t13-,14+,16?. The molecule has 1 saturated heterocycles. The molecular formula is C16H28N2O2. The topological polar surface area (TPSA) is 41.6 Å². The van der Waals surface area contributed by atoms with E-state index in [1.165, 1.54) is 11.1 Å². The van der Waals surface area contributed by atoms with Gasteiger partial charge in [-0.3, -0.25) is 9.69 Å². The first kappa shape index (κ1) is 16.9. The number of rotatable bonds is 7. The van der Waals surface area contributed by atoms with Crippen molar-refractivity contribution in [3.63, 3.8) is 0 Å². The van der Waals surface area contributed by atoms with Crippen molar-refractivity contribution in [2.24, 2.45) is 0 Å². The van der Waals surface area contributed by atoms with Crippen molar-refractivity contribution in [3.8, 4) is 0 Å². The van der Waals surface area contributed by atoms with Crippen LogP contribution in [0.1, 0.15) is 34.1 Å². The van der Waals surface area contributed by atoms with Crippen LogP contribution in [0.3, 0.4) is 0 Å². The SMILES string of the molecule is C=CCC(NC=O)/C(C)=C(/C)CN1C[C@@H](C)O[C@@H](C)C1. The number of carbonyl (C=O) groups is 1. The van der Waals surface area contributed by atoms with Crippen LogP contribution in [0.25, 0.3) is 0 Å². The highest BCUT2D eigenvalue weighted by molar-refractivity contribution is 5.48. The molecule has 1 aliphatic heterocycles. The zero-order chi connectivity index (χ0) is 15.1. The maximum atomic E-state index is 10.7. The first-order valence-electron chi connectivity index (χ1n) is 7.32. The Morgan fingerprint density at radius 1 is 1.40 bits per heavy atom. The van der Waals surface area contributed by atoms with E-state index < -0.39 is 0 Å². The summed E-state index contributed by atoms with van der Waals surface area (Å²) in [7, 11) is 0. The molecule has 0 spiro atoms. The quantitative estimate of drug-likeness (QED) is 0.574. The summed E-state index contributed by atoms with van der Waals surface area (Å²) in [5.41, 5.74) is 2.54. The van der Waals surface area contributed by atoms with Gasteiger partial charge in [0.25, 0.3) is 0 Å². The van der Waals surface area contributed by atoms with Crippen LogP contribution in [-0.2, 0) is 9.53 Å². The highest BCUT2D eigenvalue weighted by Crippen LogP contribution is 2.16. The summed E-state index contributed by atoms with van der Waals surface area (Å²) in [5.74, 6) is 0. The first-order valence-corrected chi connectivity index (χ1v) is 7.32. The molecule has 1 aliphatic rings. The van der Waals surface area contributed by atoms with Crippen LogP contribution < -0.4 is 5.32 Å². The molecule has 0 radical (unpaired) electrons. The minimum absolute atomic E-state index is 0.0564. The van der Waals surface area contributed by atoms with Gasteiger partial charge in [0.2, 0.25) is 6.41 Å². The van der Waals surface area contributed by atoms with E-state index in [4.69, 9.17) is 4.74 Å². The van der Waals surface area contributed by atoms with Crippen LogP contribution >= 0.6 is 0 Å². The van der Waals surface area contributed by atoms with Crippen molar-refractivity contribution >= 4 is 6.41 Å². The van der Waals surface area contributed by atoms with Gasteiger partial charge in [0.15, 0.2) is 0 Å². The molecule has 0 aliphatic carbocycles. The van der Waals surface area contributed by atoms with Gasteiger partial charge in [0.05, 0.1) is 18.2 Å². The van der Waals surface area contributed by atoms with Gasteiger partial charge in [0, 0.05) is 19.6 Å². The third-order valence-corrected chi connectivity index (χ3v) is 3.82. The van der Waals surface area contributed by atoms with Crippen LogP contribution in [0.15, 0.2) is 23.8 Å². The third kappa shape index (κ3) is 5.10. The summed E-state index contributed by atoms with van der Waals surface area (Å²) < 4.78 is 5.75. The second kappa shape index (κ2) is 8.22. The molecule has 0 aromatic rings. The fourth-order valence-electron chi connectivity index (χ4n) is 2.79. The number of nitrogens with zero attached hydrogens (tertiary/aromatic N) is 1. The zero-order valence-electron chi connectivity index (χ0n) is 13.2. The Morgan fingerprint density at radius 3 is 2.50 bits per heavy atom. The van der Waals surface area contributed by atoms with E-state index in [-0.39, 0.29) is 18.2 Å². The first-order chi connectivity index (χ1) is 9.47. The predicted molar refractivity (Wildman–Crippen MR) is 82.6 cm³/mol. The molecule has 3 atom stereocenters. The number of ether oxygens (including phenoxy) is 1. The molecule has 1 fully saturated rings. The molecule has 1 rings (SSSR count). The summed E-state index contributed by atoms with van der Waals surface area (Å²) in [6.07, 6.45) is 3.94. The Hall–Kier alpha value is -1.13. The van der Waals surface area contributed by atoms with Crippen molar-refractivity contribution in [1.82, 2.24) is 10.2 Å². The molecule has 0 aromatic heterocycles. The number of hydrogen-bond acceptors (Lipinski definition) is 3. The summed E-state index contributed by atoms with van der Waals surface area (Å²) in [5, 5.41) is 2.87. The van der Waals surface area contributed by atoms with E-state index in [1.54, 1.807) is 0 Å². The third-order valence-electron chi connectivity index (χ3n) is 3.82. The molecule has 1 heterocycles. The smallest absolute Gasteiger partial charge is 0.207 e.